The van der Waals surface area contributed by atoms with Crippen LogP contribution in [0.3, 0.4) is 0 Å². The number of nitrogens with one attached hydrogen (secondary N) is 1. The van der Waals surface area contributed by atoms with Gasteiger partial charge in [-0.25, -0.2) is 17.5 Å². The molecule has 3 aromatic rings. The van der Waals surface area contributed by atoms with Crippen molar-refractivity contribution in [3.63, 3.8) is 0 Å². The van der Waals surface area contributed by atoms with Crippen molar-refractivity contribution in [2.45, 2.75) is 4.90 Å². The summed E-state index contributed by atoms with van der Waals surface area (Å²) in [4.78, 5) is 16.2. The summed E-state index contributed by atoms with van der Waals surface area (Å²) >= 11 is 5.81. The van der Waals surface area contributed by atoms with E-state index in [4.69, 9.17) is 21.1 Å². The molecule has 0 bridgehead atoms. The van der Waals surface area contributed by atoms with Crippen LogP contribution in [-0.4, -0.2) is 33.5 Å². The first-order valence-electron chi connectivity index (χ1n) is 8.46. The highest BCUT2D eigenvalue weighted by Crippen LogP contribution is 2.37. The lowest BCUT2D eigenvalue weighted by molar-refractivity contribution is 0.0981. The van der Waals surface area contributed by atoms with Crippen molar-refractivity contribution in [3.8, 4) is 22.8 Å². The molecule has 156 valence electrons. The van der Waals surface area contributed by atoms with E-state index in [9.17, 15) is 17.6 Å². The molecule has 0 saturated carbocycles. The molecule has 0 fully saturated rings. The standard InChI is InChI=1S/C20H16ClFN2O5S/c1-28-17-4-3-5-18(29-2)19(17)16-9-7-13(11-23-16)30(26,27)24-20(25)14-8-6-12(22)10-15(14)21/h3-11H,1-2H3,(H,24,25). The van der Waals surface area contributed by atoms with E-state index >= 15 is 0 Å². The second-order valence-corrected chi connectivity index (χ2v) is 8.07. The van der Waals surface area contributed by atoms with E-state index < -0.39 is 21.7 Å². The maximum absolute atomic E-state index is 13.1. The SMILES string of the molecule is COc1cccc(OC)c1-c1ccc(S(=O)(=O)NC(=O)c2ccc(F)cc2Cl)cn1. The molecular weight excluding hydrogens is 435 g/mol. The Balaban J connectivity index is 1.90. The largest absolute Gasteiger partial charge is 0.496 e. The number of nitrogens with zero attached hydrogens (tertiary/aromatic N) is 1. The van der Waals surface area contributed by atoms with Crippen molar-refractivity contribution >= 4 is 27.5 Å². The number of benzene rings is 2. The average molecular weight is 451 g/mol. The highest BCUT2D eigenvalue weighted by atomic mass is 35.5. The van der Waals surface area contributed by atoms with Crippen LogP contribution in [0.2, 0.25) is 5.02 Å². The normalized spacial score (nSPS) is 11.1. The van der Waals surface area contributed by atoms with Crippen LogP contribution in [0.4, 0.5) is 4.39 Å². The summed E-state index contributed by atoms with van der Waals surface area (Å²) in [6, 6.07) is 11.0. The topological polar surface area (TPSA) is 94.6 Å². The van der Waals surface area contributed by atoms with Gasteiger partial charge in [-0.15, -0.1) is 0 Å². The van der Waals surface area contributed by atoms with Crippen molar-refractivity contribution in [1.29, 1.82) is 0 Å². The monoisotopic (exact) mass is 450 g/mol. The first kappa shape index (κ1) is 21.5. The predicted octanol–water partition coefficient (Wildman–Crippen LogP) is 3.68. The van der Waals surface area contributed by atoms with Gasteiger partial charge in [0.25, 0.3) is 15.9 Å². The van der Waals surface area contributed by atoms with Gasteiger partial charge in [0, 0.05) is 6.20 Å². The number of hydrogen-bond acceptors (Lipinski definition) is 6. The first-order chi connectivity index (χ1) is 14.3. The lowest BCUT2D eigenvalue weighted by Crippen LogP contribution is -2.30. The van der Waals surface area contributed by atoms with E-state index in [1.165, 1.54) is 26.4 Å². The number of halogens is 2. The first-order valence-corrected chi connectivity index (χ1v) is 10.3. The van der Waals surface area contributed by atoms with Crippen LogP contribution >= 0.6 is 11.6 Å². The number of aromatic nitrogens is 1. The maximum Gasteiger partial charge on any atom is 0.266 e. The van der Waals surface area contributed by atoms with Crippen molar-refractivity contribution < 1.29 is 27.1 Å². The fraction of sp³-hybridized carbons (Fsp3) is 0.100. The molecule has 0 saturated heterocycles. The Morgan fingerprint density at radius 1 is 1.07 bits per heavy atom. The number of carbonyl (C=O) groups excluding carboxylic acids is 1. The molecule has 1 aromatic heterocycles. The third-order valence-electron chi connectivity index (χ3n) is 4.13. The molecule has 7 nitrogen and oxygen atoms in total. The molecule has 0 atom stereocenters. The molecule has 10 heteroatoms. The molecule has 30 heavy (non-hydrogen) atoms. The number of ether oxygens (including phenoxy) is 2. The third-order valence-corrected chi connectivity index (χ3v) is 5.76. The quantitative estimate of drug-likeness (QED) is 0.615. The molecule has 0 unspecified atom stereocenters. The number of hydrogen-bond donors (Lipinski definition) is 1. The maximum atomic E-state index is 13.1. The molecule has 0 aliphatic heterocycles. The second-order valence-electron chi connectivity index (χ2n) is 5.98. The van der Waals surface area contributed by atoms with Gasteiger partial charge in [-0.3, -0.25) is 9.78 Å². The van der Waals surface area contributed by atoms with Gasteiger partial charge in [0.1, 0.15) is 22.2 Å². The van der Waals surface area contributed by atoms with Gasteiger partial charge in [-0.2, -0.15) is 0 Å². The molecule has 1 heterocycles. The third kappa shape index (κ3) is 4.37. The molecule has 1 N–H and O–H groups in total. The molecule has 1 amide bonds. The Bertz CT molecular complexity index is 1180. The fourth-order valence-electron chi connectivity index (χ4n) is 2.70. The Morgan fingerprint density at radius 3 is 2.27 bits per heavy atom. The minimum absolute atomic E-state index is 0.176. The zero-order valence-corrected chi connectivity index (χ0v) is 17.4. The van der Waals surface area contributed by atoms with Crippen LogP contribution in [0, 0.1) is 5.82 Å². The van der Waals surface area contributed by atoms with Gasteiger partial charge in [0.2, 0.25) is 0 Å². The number of sulfonamides is 1. The Kier molecular flexibility index (Phi) is 6.23. The lowest BCUT2D eigenvalue weighted by atomic mass is 10.1. The summed E-state index contributed by atoms with van der Waals surface area (Å²) < 4.78 is 50.8. The number of amides is 1. The summed E-state index contributed by atoms with van der Waals surface area (Å²) in [7, 11) is -1.26. The van der Waals surface area contributed by atoms with Crippen LogP contribution in [0.1, 0.15) is 10.4 Å². The summed E-state index contributed by atoms with van der Waals surface area (Å²) in [6.45, 7) is 0. The molecule has 0 aliphatic rings. The van der Waals surface area contributed by atoms with E-state index in [0.717, 1.165) is 24.4 Å². The van der Waals surface area contributed by atoms with Crippen molar-refractivity contribution in [3.05, 3.63) is 71.1 Å². The molecular formula is C20H16ClFN2O5S. The Labute approximate surface area is 177 Å². The van der Waals surface area contributed by atoms with Crippen molar-refractivity contribution in [1.82, 2.24) is 9.71 Å². The van der Waals surface area contributed by atoms with Gasteiger partial charge in [-0.1, -0.05) is 17.7 Å². The minimum Gasteiger partial charge on any atom is -0.496 e. The van der Waals surface area contributed by atoms with E-state index in [1.54, 1.807) is 18.2 Å². The predicted molar refractivity (Wildman–Crippen MR) is 109 cm³/mol. The molecule has 0 radical (unpaired) electrons. The van der Waals surface area contributed by atoms with Crippen molar-refractivity contribution in [2.75, 3.05) is 14.2 Å². The highest BCUT2D eigenvalue weighted by molar-refractivity contribution is 7.90. The minimum atomic E-state index is -4.24. The average Bonchev–Trinajstić information content (AvgIpc) is 2.72. The van der Waals surface area contributed by atoms with Crippen LogP contribution in [0.5, 0.6) is 11.5 Å². The Hall–Kier alpha value is -3.17. The number of methoxy groups -OCH3 is 2. The number of carbonyl (C=O) groups is 1. The fourth-order valence-corrected chi connectivity index (χ4v) is 3.86. The zero-order valence-electron chi connectivity index (χ0n) is 15.8. The van der Waals surface area contributed by atoms with Crippen LogP contribution in [-0.2, 0) is 10.0 Å². The Morgan fingerprint density at radius 2 is 1.73 bits per heavy atom. The van der Waals surface area contributed by atoms with E-state index in [-0.39, 0.29) is 15.5 Å². The summed E-state index contributed by atoms with van der Waals surface area (Å²) in [5.41, 5.74) is 0.787. The van der Waals surface area contributed by atoms with Gasteiger partial charge < -0.3 is 9.47 Å². The summed E-state index contributed by atoms with van der Waals surface area (Å²) in [6.07, 6.45) is 1.10. The van der Waals surface area contributed by atoms with Gasteiger partial charge in [-0.05, 0) is 42.5 Å². The molecule has 0 aliphatic carbocycles. The van der Waals surface area contributed by atoms with Gasteiger partial charge in [0.15, 0.2) is 0 Å². The van der Waals surface area contributed by atoms with Crippen molar-refractivity contribution in [2.24, 2.45) is 0 Å². The number of rotatable bonds is 6. The lowest BCUT2D eigenvalue weighted by Gasteiger charge is -2.13. The molecule has 3 rings (SSSR count). The van der Waals surface area contributed by atoms with Gasteiger partial charge in [0.05, 0.1) is 36.1 Å². The summed E-state index contributed by atoms with van der Waals surface area (Å²) in [5.74, 6) is -0.644. The summed E-state index contributed by atoms with van der Waals surface area (Å²) in [5, 5.41) is -0.209. The second kappa shape index (κ2) is 8.68. The van der Waals surface area contributed by atoms with Crippen LogP contribution in [0.25, 0.3) is 11.3 Å². The van der Waals surface area contributed by atoms with Gasteiger partial charge >= 0.3 is 0 Å². The highest BCUT2D eigenvalue weighted by Gasteiger charge is 2.22. The smallest absolute Gasteiger partial charge is 0.266 e. The van der Waals surface area contributed by atoms with E-state index in [2.05, 4.69) is 4.98 Å². The number of pyridine rings is 1. The molecule has 2 aromatic carbocycles. The zero-order chi connectivity index (χ0) is 21.9. The van der Waals surface area contributed by atoms with E-state index in [1.807, 2.05) is 4.72 Å². The van der Waals surface area contributed by atoms with Crippen LogP contribution < -0.4 is 14.2 Å². The molecule has 0 spiro atoms. The van der Waals surface area contributed by atoms with E-state index in [0.29, 0.717) is 22.8 Å². The van der Waals surface area contributed by atoms with Crippen LogP contribution in [0.15, 0.2) is 59.6 Å².